The van der Waals surface area contributed by atoms with Gasteiger partial charge in [0.1, 0.15) is 11.7 Å². The molecule has 0 fully saturated rings. The predicted octanol–water partition coefficient (Wildman–Crippen LogP) is 5.73. The molecule has 4 aromatic rings. The molecule has 0 bridgehead atoms. The topological polar surface area (TPSA) is 63.4 Å². The normalized spacial score (nSPS) is 15.9. The molecule has 0 saturated heterocycles. The van der Waals surface area contributed by atoms with Gasteiger partial charge < -0.3 is 4.90 Å². The second-order valence-corrected chi connectivity index (χ2v) is 10.8. The van der Waals surface area contributed by atoms with E-state index >= 15 is 0 Å². The highest BCUT2D eigenvalue weighted by molar-refractivity contribution is 6.31. The van der Waals surface area contributed by atoms with Crippen LogP contribution in [0.5, 0.6) is 0 Å². The zero-order valence-corrected chi connectivity index (χ0v) is 21.8. The van der Waals surface area contributed by atoms with Gasteiger partial charge in [-0.3, -0.25) is 19.3 Å². The fourth-order valence-electron chi connectivity index (χ4n) is 4.99. The minimum Gasteiger partial charge on any atom is -0.343 e. The van der Waals surface area contributed by atoms with Gasteiger partial charge in [0.05, 0.1) is 29.0 Å². The zero-order chi connectivity index (χ0) is 25.4. The van der Waals surface area contributed by atoms with E-state index in [1.165, 1.54) is 0 Å². The van der Waals surface area contributed by atoms with E-state index in [1.54, 1.807) is 24.4 Å². The first-order valence-electron chi connectivity index (χ1n) is 12.2. The van der Waals surface area contributed by atoms with Crippen LogP contribution < -0.4 is 5.56 Å². The molecule has 1 unspecified atom stereocenters. The molecule has 2 aromatic carbocycles. The molecule has 1 aliphatic rings. The Morgan fingerprint density at radius 2 is 1.83 bits per heavy atom. The average molecular weight is 500 g/mol. The number of rotatable bonds is 6. The fourth-order valence-corrected chi connectivity index (χ4v) is 5.15. The Morgan fingerprint density at radius 1 is 1.06 bits per heavy atom. The van der Waals surface area contributed by atoms with Crippen molar-refractivity contribution < 1.29 is 0 Å². The van der Waals surface area contributed by atoms with E-state index in [1.807, 2.05) is 53.2 Å². The van der Waals surface area contributed by atoms with Crippen LogP contribution >= 0.6 is 11.6 Å². The summed E-state index contributed by atoms with van der Waals surface area (Å²) in [7, 11) is 0. The molecule has 6 nitrogen and oxygen atoms in total. The van der Waals surface area contributed by atoms with Crippen LogP contribution in [0, 0.1) is 5.92 Å². The number of pyridine rings is 1. The largest absolute Gasteiger partial charge is 0.343 e. The third kappa shape index (κ3) is 4.65. The number of amidine groups is 1. The Hall–Kier alpha value is -3.51. The summed E-state index contributed by atoms with van der Waals surface area (Å²) in [6, 6.07) is 19.1. The van der Waals surface area contributed by atoms with Crippen molar-refractivity contribution in [2.45, 2.75) is 45.8 Å². The van der Waals surface area contributed by atoms with Gasteiger partial charge in [0, 0.05) is 29.5 Å². The summed E-state index contributed by atoms with van der Waals surface area (Å²) in [5.41, 5.74) is 2.24. The summed E-state index contributed by atoms with van der Waals surface area (Å²) >= 11 is 6.32. The van der Waals surface area contributed by atoms with Crippen molar-refractivity contribution in [1.29, 1.82) is 0 Å². The summed E-state index contributed by atoms with van der Waals surface area (Å²) < 4.78 is 1.82. The number of halogens is 1. The molecule has 0 radical (unpaired) electrons. The molecule has 0 aliphatic carbocycles. The number of benzene rings is 2. The van der Waals surface area contributed by atoms with Crippen molar-refractivity contribution in [1.82, 2.24) is 19.4 Å². The van der Waals surface area contributed by atoms with Gasteiger partial charge in [0.15, 0.2) is 0 Å². The molecule has 184 valence electrons. The SMILES string of the molecule is CC(C)C(c1nc2cc(Cl)ccc2c(=O)n1Cc1ccccc1)N1CC(C)(C)N=C1c1cccnc1. The molecule has 1 aliphatic heterocycles. The second kappa shape index (κ2) is 9.51. The van der Waals surface area contributed by atoms with Gasteiger partial charge in [0.2, 0.25) is 0 Å². The third-order valence-electron chi connectivity index (χ3n) is 6.52. The highest BCUT2D eigenvalue weighted by Crippen LogP contribution is 2.36. The minimum absolute atomic E-state index is 0.0699. The van der Waals surface area contributed by atoms with E-state index in [-0.39, 0.29) is 23.1 Å². The molecule has 36 heavy (non-hydrogen) atoms. The van der Waals surface area contributed by atoms with E-state index < -0.39 is 0 Å². The van der Waals surface area contributed by atoms with Gasteiger partial charge >= 0.3 is 0 Å². The van der Waals surface area contributed by atoms with E-state index in [0.29, 0.717) is 34.8 Å². The number of aromatic nitrogens is 3. The lowest BCUT2D eigenvalue weighted by atomic mass is 9.98. The van der Waals surface area contributed by atoms with Crippen molar-refractivity contribution in [3.05, 3.63) is 105 Å². The lowest BCUT2D eigenvalue weighted by Gasteiger charge is -2.35. The quantitative estimate of drug-likeness (QED) is 0.340. The monoisotopic (exact) mass is 499 g/mol. The van der Waals surface area contributed by atoms with Crippen molar-refractivity contribution in [3.8, 4) is 0 Å². The second-order valence-electron chi connectivity index (χ2n) is 10.3. The van der Waals surface area contributed by atoms with Crippen molar-refractivity contribution in [2.24, 2.45) is 10.9 Å². The lowest BCUT2D eigenvalue weighted by Crippen LogP contribution is -2.42. The first kappa shape index (κ1) is 24.2. The van der Waals surface area contributed by atoms with Crippen molar-refractivity contribution in [2.75, 3.05) is 6.54 Å². The highest BCUT2D eigenvalue weighted by Gasteiger charge is 2.39. The highest BCUT2D eigenvalue weighted by atomic mass is 35.5. The van der Waals surface area contributed by atoms with Crippen LogP contribution in [0.3, 0.4) is 0 Å². The molecule has 1 atom stereocenters. The summed E-state index contributed by atoms with van der Waals surface area (Å²) in [4.78, 5) is 30.7. The van der Waals surface area contributed by atoms with Crippen LogP contribution in [0.15, 0.2) is 82.8 Å². The van der Waals surface area contributed by atoms with Crippen molar-refractivity contribution in [3.63, 3.8) is 0 Å². The van der Waals surface area contributed by atoms with Gasteiger partial charge in [0.25, 0.3) is 5.56 Å². The number of fused-ring (bicyclic) bond motifs is 1. The number of hydrogen-bond donors (Lipinski definition) is 0. The number of hydrogen-bond acceptors (Lipinski definition) is 5. The summed E-state index contributed by atoms with van der Waals surface area (Å²) in [6.45, 7) is 9.72. The Morgan fingerprint density at radius 3 is 2.53 bits per heavy atom. The van der Waals surface area contributed by atoms with Crippen LogP contribution in [-0.4, -0.2) is 37.4 Å². The number of nitrogens with zero attached hydrogens (tertiary/aromatic N) is 5. The minimum atomic E-state index is -0.289. The maximum absolute atomic E-state index is 13.9. The molecule has 3 heterocycles. The number of aliphatic imine (C=N–C) groups is 1. The molecule has 0 spiro atoms. The van der Waals surface area contributed by atoms with Crippen LogP contribution in [0.4, 0.5) is 0 Å². The van der Waals surface area contributed by atoms with Crippen LogP contribution in [0.2, 0.25) is 5.02 Å². The van der Waals surface area contributed by atoms with Gasteiger partial charge in [-0.05, 0) is 55.7 Å². The molecule has 2 aromatic heterocycles. The Labute approximate surface area is 216 Å². The zero-order valence-electron chi connectivity index (χ0n) is 21.0. The van der Waals surface area contributed by atoms with Crippen LogP contribution in [0.25, 0.3) is 10.9 Å². The molecule has 5 rings (SSSR count). The molecule has 0 saturated carbocycles. The molecular weight excluding hydrogens is 470 g/mol. The smallest absolute Gasteiger partial charge is 0.261 e. The van der Waals surface area contributed by atoms with E-state index in [0.717, 1.165) is 17.0 Å². The summed E-state index contributed by atoms with van der Waals surface area (Å²) in [5.74, 6) is 1.73. The molecule has 7 heteroatoms. The lowest BCUT2D eigenvalue weighted by molar-refractivity contribution is 0.225. The Balaban J connectivity index is 1.73. The van der Waals surface area contributed by atoms with Crippen LogP contribution in [-0.2, 0) is 6.54 Å². The van der Waals surface area contributed by atoms with Gasteiger partial charge in [-0.2, -0.15) is 0 Å². The Bertz CT molecular complexity index is 1480. The standard InChI is InChI=1S/C29H30ClN5O/c1-19(2)25(35-18-29(3,4)33-26(35)21-11-8-14-31-16-21)27-32-24-15-22(30)12-13-23(24)28(36)34(27)17-20-9-6-5-7-10-20/h5-16,19,25H,17-18H2,1-4H3. The van der Waals surface area contributed by atoms with Gasteiger partial charge in [-0.15, -0.1) is 0 Å². The van der Waals surface area contributed by atoms with Gasteiger partial charge in [-0.1, -0.05) is 55.8 Å². The third-order valence-corrected chi connectivity index (χ3v) is 6.75. The van der Waals surface area contributed by atoms with E-state index in [2.05, 4.69) is 37.6 Å². The predicted molar refractivity (Wildman–Crippen MR) is 146 cm³/mol. The van der Waals surface area contributed by atoms with Crippen molar-refractivity contribution >= 4 is 28.3 Å². The summed E-state index contributed by atoms with van der Waals surface area (Å²) in [5, 5.41) is 1.12. The Kier molecular flexibility index (Phi) is 6.39. The molecule has 0 N–H and O–H groups in total. The first-order valence-corrected chi connectivity index (χ1v) is 12.6. The first-order chi connectivity index (χ1) is 17.2. The van der Waals surface area contributed by atoms with Gasteiger partial charge in [-0.25, -0.2) is 4.98 Å². The van der Waals surface area contributed by atoms with Crippen LogP contribution in [0.1, 0.15) is 50.7 Å². The average Bonchev–Trinajstić information content (AvgIpc) is 3.17. The summed E-state index contributed by atoms with van der Waals surface area (Å²) in [6.07, 6.45) is 3.61. The maximum Gasteiger partial charge on any atom is 0.261 e. The maximum atomic E-state index is 13.9. The molecule has 0 amide bonds. The fraction of sp³-hybridized carbons (Fsp3) is 0.310. The molecular formula is C29H30ClN5O. The van der Waals surface area contributed by atoms with E-state index in [4.69, 9.17) is 21.6 Å². The van der Waals surface area contributed by atoms with E-state index in [9.17, 15) is 4.79 Å².